The molecule has 1 aromatic carbocycles. The molecule has 1 aliphatic heterocycles. The summed E-state index contributed by atoms with van der Waals surface area (Å²) in [6.07, 6.45) is 1.30. The maximum Gasteiger partial charge on any atom is 0.0401 e. The highest BCUT2D eigenvalue weighted by Gasteiger charge is 2.19. The quantitative estimate of drug-likeness (QED) is 0.634. The topological polar surface area (TPSA) is 3.24 Å². The molecule has 1 unspecified atom stereocenters. The normalized spacial score (nSPS) is 21.4. The predicted octanol–water partition coefficient (Wildman–Crippen LogP) is 3.02. The average Bonchev–Trinajstić information content (AvgIpc) is 2.19. The molecule has 0 N–H and O–H groups in total. The van der Waals surface area contributed by atoms with Crippen LogP contribution in [0.5, 0.6) is 0 Å². The summed E-state index contributed by atoms with van der Waals surface area (Å²) in [5.74, 6) is 0.735. The van der Waals surface area contributed by atoms with Gasteiger partial charge in [0.15, 0.2) is 0 Å². The van der Waals surface area contributed by atoms with Gasteiger partial charge >= 0.3 is 0 Å². The van der Waals surface area contributed by atoms with Crippen LogP contribution in [-0.4, -0.2) is 13.1 Å². The first-order valence-electron chi connectivity index (χ1n) is 5.16. The molecular weight excluding hydrogens is 158 g/mol. The van der Waals surface area contributed by atoms with Gasteiger partial charge in [-0.3, -0.25) is 0 Å². The molecule has 1 nitrogen and oxygen atoms in total. The average molecular weight is 175 g/mol. The minimum atomic E-state index is 0.735. The van der Waals surface area contributed by atoms with Crippen LogP contribution in [0, 0.1) is 0 Å². The Kier molecular flexibility index (Phi) is 2.26. The van der Waals surface area contributed by atoms with Crippen LogP contribution in [0.4, 0.5) is 5.69 Å². The molecule has 0 spiro atoms. The van der Waals surface area contributed by atoms with Gasteiger partial charge in [0.2, 0.25) is 0 Å². The summed E-state index contributed by atoms with van der Waals surface area (Å²) in [5.41, 5.74) is 2.97. The minimum absolute atomic E-state index is 0.735. The first-order valence-corrected chi connectivity index (χ1v) is 5.16. The van der Waals surface area contributed by atoms with E-state index in [1.165, 1.54) is 24.2 Å². The third kappa shape index (κ3) is 1.43. The van der Waals surface area contributed by atoms with Crippen molar-refractivity contribution in [2.24, 2.45) is 0 Å². The van der Waals surface area contributed by atoms with E-state index in [0.717, 1.165) is 12.5 Å². The van der Waals surface area contributed by atoms with Crippen LogP contribution in [0.2, 0.25) is 0 Å². The zero-order valence-electron chi connectivity index (χ0n) is 8.46. The fraction of sp³-hybridized carbons (Fsp3) is 0.500. The summed E-state index contributed by atoms with van der Waals surface area (Å²) in [5, 5.41) is 0. The largest absolute Gasteiger partial charge is 0.372 e. The Hall–Kier alpha value is -0.980. The highest BCUT2D eigenvalue weighted by atomic mass is 15.1. The van der Waals surface area contributed by atoms with Crippen LogP contribution >= 0.6 is 0 Å². The monoisotopic (exact) mass is 175 g/mol. The first-order chi connectivity index (χ1) is 6.33. The van der Waals surface area contributed by atoms with Gasteiger partial charge in [-0.15, -0.1) is 0 Å². The number of rotatable bonds is 1. The van der Waals surface area contributed by atoms with Gasteiger partial charge in [0.25, 0.3) is 0 Å². The van der Waals surface area contributed by atoms with Crippen molar-refractivity contribution >= 4 is 5.69 Å². The summed E-state index contributed by atoms with van der Waals surface area (Å²) in [4.78, 5) is 2.47. The number of hydrogen-bond donors (Lipinski definition) is 0. The second-order valence-corrected chi connectivity index (χ2v) is 3.83. The molecule has 0 bridgehead atoms. The summed E-state index contributed by atoms with van der Waals surface area (Å²) >= 11 is 0. The smallest absolute Gasteiger partial charge is 0.0401 e. The number of anilines is 1. The van der Waals surface area contributed by atoms with Crippen LogP contribution in [0.3, 0.4) is 0 Å². The van der Waals surface area contributed by atoms with E-state index >= 15 is 0 Å². The Labute approximate surface area is 80.4 Å². The molecule has 1 heteroatoms. The standard InChI is InChI=1S/C12H17N/c1-3-13-9-8-10(2)11-6-4-5-7-12(11)13/h4-7,10H,3,8-9H2,1-2H3. The summed E-state index contributed by atoms with van der Waals surface area (Å²) in [6.45, 7) is 6.90. The third-order valence-corrected chi connectivity index (χ3v) is 3.02. The number of benzene rings is 1. The van der Waals surface area contributed by atoms with E-state index < -0.39 is 0 Å². The molecule has 1 atom stereocenters. The van der Waals surface area contributed by atoms with E-state index in [1.54, 1.807) is 0 Å². The number of fused-ring (bicyclic) bond motifs is 1. The summed E-state index contributed by atoms with van der Waals surface area (Å²) < 4.78 is 0. The molecule has 2 rings (SSSR count). The predicted molar refractivity (Wildman–Crippen MR) is 57.4 cm³/mol. The molecule has 0 radical (unpaired) electrons. The Morgan fingerprint density at radius 3 is 2.92 bits per heavy atom. The second kappa shape index (κ2) is 3.41. The van der Waals surface area contributed by atoms with Crippen molar-refractivity contribution in [2.45, 2.75) is 26.2 Å². The van der Waals surface area contributed by atoms with Gasteiger partial charge in [-0.25, -0.2) is 0 Å². The maximum atomic E-state index is 2.47. The lowest BCUT2D eigenvalue weighted by atomic mass is 9.92. The third-order valence-electron chi connectivity index (χ3n) is 3.02. The Morgan fingerprint density at radius 2 is 2.15 bits per heavy atom. The van der Waals surface area contributed by atoms with E-state index in [2.05, 4.69) is 43.0 Å². The fourth-order valence-corrected chi connectivity index (χ4v) is 2.15. The molecule has 0 aliphatic carbocycles. The molecule has 0 aromatic heterocycles. The minimum Gasteiger partial charge on any atom is -0.372 e. The van der Waals surface area contributed by atoms with Gasteiger partial charge < -0.3 is 4.90 Å². The Balaban J connectivity index is 2.42. The lowest BCUT2D eigenvalue weighted by Gasteiger charge is -2.33. The van der Waals surface area contributed by atoms with Gasteiger partial charge in [-0.1, -0.05) is 25.1 Å². The lowest BCUT2D eigenvalue weighted by Crippen LogP contribution is -2.30. The maximum absolute atomic E-state index is 2.47. The van der Waals surface area contributed by atoms with Crippen molar-refractivity contribution in [1.82, 2.24) is 0 Å². The first kappa shape index (κ1) is 8.61. The molecule has 1 aromatic rings. The van der Waals surface area contributed by atoms with Gasteiger partial charge in [-0.05, 0) is 30.9 Å². The van der Waals surface area contributed by atoms with Crippen molar-refractivity contribution in [3.63, 3.8) is 0 Å². The van der Waals surface area contributed by atoms with Crippen molar-refractivity contribution in [3.05, 3.63) is 29.8 Å². The van der Waals surface area contributed by atoms with E-state index in [9.17, 15) is 0 Å². The molecule has 0 amide bonds. The molecule has 13 heavy (non-hydrogen) atoms. The van der Waals surface area contributed by atoms with Crippen LogP contribution in [0.25, 0.3) is 0 Å². The number of nitrogens with zero attached hydrogens (tertiary/aromatic N) is 1. The van der Waals surface area contributed by atoms with Crippen LogP contribution < -0.4 is 4.90 Å². The van der Waals surface area contributed by atoms with Crippen molar-refractivity contribution in [2.75, 3.05) is 18.0 Å². The number of para-hydroxylation sites is 1. The van der Waals surface area contributed by atoms with E-state index in [0.29, 0.717) is 0 Å². The molecule has 1 heterocycles. The molecule has 1 aliphatic rings. The highest BCUT2D eigenvalue weighted by Crippen LogP contribution is 2.34. The van der Waals surface area contributed by atoms with E-state index in [1.807, 2.05) is 0 Å². The van der Waals surface area contributed by atoms with Crippen molar-refractivity contribution in [3.8, 4) is 0 Å². The van der Waals surface area contributed by atoms with Crippen molar-refractivity contribution in [1.29, 1.82) is 0 Å². The van der Waals surface area contributed by atoms with E-state index in [-0.39, 0.29) is 0 Å². The van der Waals surface area contributed by atoms with Crippen molar-refractivity contribution < 1.29 is 0 Å². The van der Waals surface area contributed by atoms with Gasteiger partial charge in [0.05, 0.1) is 0 Å². The molecule has 0 saturated heterocycles. The Bertz CT molecular complexity index is 293. The molecule has 0 fully saturated rings. The second-order valence-electron chi connectivity index (χ2n) is 3.83. The van der Waals surface area contributed by atoms with Crippen LogP contribution in [0.1, 0.15) is 31.7 Å². The summed E-state index contributed by atoms with van der Waals surface area (Å²) in [7, 11) is 0. The zero-order chi connectivity index (χ0) is 9.26. The zero-order valence-corrected chi connectivity index (χ0v) is 8.46. The number of hydrogen-bond acceptors (Lipinski definition) is 1. The summed E-state index contributed by atoms with van der Waals surface area (Å²) in [6, 6.07) is 8.80. The van der Waals surface area contributed by atoms with E-state index in [4.69, 9.17) is 0 Å². The Morgan fingerprint density at radius 1 is 1.38 bits per heavy atom. The van der Waals surface area contributed by atoms with Gasteiger partial charge in [0.1, 0.15) is 0 Å². The molecule has 0 saturated carbocycles. The molecule has 70 valence electrons. The van der Waals surface area contributed by atoms with Gasteiger partial charge in [-0.2, -0.15) is 0 Å². The molecular formula is C12H17N. The highest BCUT2D eigenvalue weighted by molar-refractivity contribution is 5.56. The van der Waals surface area contributed by atoms with Crippen LogP contribution in [-0.2, 0) is 0 Å². The van der Waals surface area contributed by atoms with Crippen LogP contribution in [0.15, 0.2) is 24.3 Å². The van der Waals surface area contributed by atoms with Gasteiger partial charge in [0, 0.05) is 18.8 Å². The lowest BCUT2D eigenvalue weighted by molar-refractivity contribution is 0.619. The fourth-order valence-electron chi connectivity index (χ4n) is 2.15. The SMILES string of the molecule is CCN1CCC(C)c2ccccc21.